The number of benzene rings is 1. The first kappa shape index (κ1) is 13.6. The van der Waals surface area contributed by atoms with E-state index in [1.807, 2.05) is 44.2 Å². The van der Waals surface area contributed by atoms with Crippen LogP contribution >= 0.6 is 12.2 Å². The summed E-state index contributed by atoms with van der Waals surface area (Å²) in [5.74, 6) is 0. The van der Waals surface area contributed by atoms with Gasteiger partial charge in [0.05, 0.1) is 0 Å². The molecule has 1 rings (SSSR count). The van der Waals surface area contributed by atoms with E-state index < -0.39 is 0 Å². The Morgan fingerprint density at radius 2 is 1.71 bits per heavy atom. The minimum Gasteiger partial charge on any atom is -0.325 e. The van der Waals surface area contributed by atoms with Crippen LogP contribution in [0, 0.1) is 0 Å². The molecule has 0 saturated heterocycles. The predicted octanol–water partition coefficient (Wildman–Crippen LogP) is 2.76. The molecule has 1 aromatic rings. The summed E-state index contributed by atoms with van der Waals surface area (Å²) < 4.78 is 0. The Labute approximate surface area is 108 Å². The van der Waals surface area contributed by atoms with Gasteiger partial charge in [0.2, 0.25) is 0 Å². The third-order valence-electron chi connectivity index (χ3n) is 2.65. The molecule has 4 heteroatoms. The molecular formula is C13H18N2OS. The molecule has 0 radical (unpaired) electrons. The lowest BCUT2D eigenvalue weighted by molar-refractivity contribution is 0.187. The Balaban J connectivity index is 2.80. The van der Waals surface area contributed by atoms with Gasteiger partial charge < -0.3 is 4.90 Å². The van der Waals surface area contributed by atoms with Crippen molar-refractivity contribution in [2.75, 3.05) is 20.1 Å². The molecule has 0 saturated carbocycles. The molecule has 0 aliphatic rings. The van der Waals surface area contributed by atoms with Gasteiger partial charge in [-0.15, -0.1) is 0 Å². The van der Waals surface area contributed by atoms with Crippen molar-refractivity contribution in [1.82, 2.24) is 9.80 Å². The average molecular weight is 250 g/mol. The highest BCUT2D eigenvalue weighted by atomic mass is 32.1. The zero-order valence-electron chi connectivity index (χ0n) is 10.5. The third kappa shape index (κ3) is 3.27. The summed E-state index contributed by atoms with van der Waals surface area (Å²) in [6.07, 6.45) is 0. The van der Waals surface area contributed by atoms with Crippen molar-refractivity contribution in [2.24, 2.45) is 0 Å². The molecule has 0 aliphatic carbocycles. The van der Waals surface area contributed by atoms with E-state index in [0.717, 1.165) is 5.56 Å². The van der Waals surface area contributed by atoms with Gasteiger partial charge in [-0.05, 0) is 13.8 Å². The highest BCUT2D eigenvalue weighted by Crippen LogP contribution is 2.07. The molecule has 0 fully saturated rings. The Bertz CT molecular complexity index is 388. The minimum atomic E-state index is -0.0520. The van der Waals surface area contributed by atoms with Crippen molar-refractivity contribution < 1.29 is 4.79 Å². The number of hydrogen-bond acceptors (Lipinski definition) is 2. The minimum absolute atomic E-state index is 0.0520. The fourth-order valence-electron chi connectivity index (χ4n) is 1.57. The van der Waals surface area contributed by atoms with E-state index in [1.54, 1.807) is 11.9 Å². The molecule has 0 aromatic heterocycles. The van der Waals surface area contributed by atoms with Crippen LogP contribution in [0.3, 0.4) is 0 Å². The summed E-state index contributed by atoms with van der Waals surface area (Å²) in [5, 5.41) is 0. The van der Waals surface area contributed by atoms with Gasteiger partial charge in [-0.3, -0.25) is 4.90 Å². The number of hydrogen-bond donors (Lipinski definition) is 0. The summed E-state index contributed by atoms with van der Waals surface area (Å²) in [4.78, 5) is 15.9. The first-order valence-corrected chi connectivity index (χ1v) is 6.14. The first-order valence-electron chi connectivity index (χ1n) is 5.73. The highest BCUT2D eigenvalue weighted by Gasteiger charge is 2.18. The van der Waals surface area contributed by atoms with E-state index >= 15 is 0 Å². The number of nitrogens with zero attached hydrogens (tertiary/aromatic N) is 2. The van der Waals surface area contributed by atoms with E-state index in [-0.39, 0.29) is 6.03 Å². The second-order valence-electron chi connectivity index (χ2n) is 3.69. The van der Waals surface area contributed by atoms with Gasteiger partial charge in [-0.2, -0.15) is 0 Å². The first-order chi connectivity index (χ1) is 8.11. The van der Waals surface area contributed by atoms with Crippen LogP contribution in [0.4, 0.5) is 4.79 Å². The summed E-state index contributed by atoms with van der Waals surface area (Å²) in [5.41, 5.74) is 0.894. The van der Waals surface area contributed by atoms with E-state index in [0.29, 0.717) is 18.1 Å². The largest absolute Gasteiger partial charge is 0.325 e. The Morgan fingerprint density at radius 3 is 2.18 bits per heavy atom. The van der Waals surface area contributed by atoms with Crippen LogP contribution in [-0.4, -0.2) is 41.0 Å². The molecular weight excluding hydrogens is 232 g/mol. The molecule has 2 amide bonds. The van der Waals surface area contributed by atoms with E-state index in [2.05, 4.69) is 0 Å². The molecule has 92 valence electrons. The van der Waals surface area contributed by atoms with Gasteiger partial charge in [0.15, 0.2) is 0 Å². The molecule has 0 N–H and O–H groups in total. The van der Waals surface area contributed by atoms with E-state index in [1.165, 1.54) is 4.90 Å². The molecule has 0 unspecified atom stereocenters. The zero-order chi connectivity index (χ0) is 12.8. The van der Waals surface area contributed by atoms with Crippen molar-refractivity contribution in [3.05, 3.63) is 35.9 Å². The SMILES string of the molecule is CCN(CC)C(=O)N(C)C(=S)c1ccccc1. The molecule has 0 aliphatic heterocycles. The quantitative estimate of drug-likeness (QED) is 0.770. The summed E-state index contributed by atoms with van der Waals surface area (Å²) in [7, 11) is 1.72. The number of carbonyl (C=O) groups excluding carboxylic acids is 1. The third-order valence-corrected chi connectivity index (χ3v) is 3.16. The second kappa shape index (κ2) is 6.35. The Hall–Kier alpha value is -1.42. The van der Waals surface area contributed by atoms with Crippen molar-refractivity contribution in [3.8, 4) is 0 Å². The molecule has 0 bridgehead atoms. The number of carbonyl (C=O) groups is 1. The topological polar surface area (TPSA) is 23.6 Å². The smallest absolute Gasteiger partial charge is 0.324 e. The highest BCUT2D eigenvalue weighted by molar-refractivity contribution is 7.80. The standard InChI is InChI=1S/C13H18N2OS/c1-4-15(5-2)13(16)14(3)12(17)11-9-7-6-8-10-11/h6-10H,4-5H2,1-3H3. The lowest BCUT2D eigenvalue weighted by atomic mass is 10.2. The fraction of sp³-hybridized carbons (Fsp3) is 0.385. The maximum absolute atomic E-state index is 12.1. The molecule has 1 aromatic carbocycles. The molecule has 0 spiro atoms. The number of rotatable bonds is 3. The maximum atomic E-state index is 12.1. The molecule has 17 heavy (non-hydrogen) atoms. The van der Waals surface area contributed by atoms with Gasteiger partial charge in [0.1, 0.15) is 4.99 Å². The summed E-state index contributed by atoms with van der Waals surface area (Å²) >= 11 is 5.31. The zero-order valence-corrected chi connectivity index (χ0v) is 11.3. The van der Waals surface area contributed by atoms with Crippen LogP contribution in [0.1, 0.15) is 19.4 Å². The molecule has 3 nitrogen and oxygen atoms in total. The van der Waals surface area contributed by atoms with E-state index in [4.69, 9.17) is 12.2 Å². The van der Waals surface area contributed by atoms with Crippen LogP contribution in [0.15, 0.2) is 30.3 Å². The van der Waals surface area contributed by atoms with Crippen LogP contribution < -0.4 is 0 Å². The summed E-state index contributed by atoms with van der Waals surface area (Å²) in [6.45, 7) is 5.30. The van der Waals surface area contributed by atoms with Crippen molar-refractivity contribution in [3.63, 3.8) is 0 Å². The van der Waals surface area contributed by atoms with Crippen LogP contribution in [0.5, 0.6) is 0 Å². The lowest BCUT2D eigenvalue weighted by Crippen LogP contribution is -2.43. The van der Waals surface area contributed by atoms with Gasteiger partial charge in [0, 0.05) is 25.7 Å². The molecule has 0 heterocycles. The van der Waals surface area contributed by atoms with Gasteiger partial charge in [-0.25, -0.2) is 4.79 Å². The number of amides is 2. The van der Waals surface area contributed by atoms with Crippen molar-refractivity contribution >= 4 is 23.2 Å². The average Bonchev–Trinajstić information content (AvgIpc) is 2.39. The van der Waals surface area contributed by atoms with Crippen LogP contribution in [0.2, 0.25) is 0 Å². The number of urea groups is 1. The maximum Gasteiger partial charge on any atom is 0.324 e. The van der Waals surface area contributed by atoms with Crippen LogP contribution in [0.25, 0.3) is 0 Å². The Morgan fingerprint density at radius 1 is 1.18 bits per heavy atom. The van der Waals surface area contributed by atoms with Crippen LogP contribution in [-0.2, 0) is 0 Å². The lowest BCUT2D eigenvalue weighted by Gasteiger charge is -2.26. The summed E-state index contributed by atoms with van der Waals surface area (Å²) in [6, 6.07) is 9.53. The number of thiocarbonyl (C=S) groups is 1. The van der Waals surface area contributed by atoms with E-state index in [9.17, 15) is 4.79 Å². The van der Waals surface area contributed by atoms with Crippen molar-refractivity contribution in [1.29, 1.82) is 0 Å². The Kier molecular flexibility index (Phi) is 5.10. The van der Waals surface area contributed by atoms with Crippen molar-refractivity contribution in [2.45, 2.75) is 13.8 Å². The second-order valence-corrected chi connectivity index (χ2v) is 4.07. The van der Waals surface area contributed by atoms with Gasteiger partial charge in [0.25, 0.3) is 0 Å². The predicted molar refractivity (Wildman–Crippen MR) is 74.2 cm³/mol. The molecule has 0 atom stereocenters. The fourth-order valence-corrected chi connectivity index (χ4v) is 1.78. The monoisotopic (exact) mass is 250 g/mol. The van der Waals surface area contributed by atoms with Gasteiger partial charge >= 0.3 is 6.03 Å². The van der Waals surface area contributed by atoms with Gasteiger partial charge in [-0.1, -0.05) is 42.5 Å². The normalized spacial score (nSPS) is 9.82.